The summed E-state index contributed by atoms with van der Waals surface area (Å²) in [7, 11) is 0. The van der Waals surface area contributed by atoms with Gasteiger partial charge in [0.2, 0.25) is 0 Å². The normalized spacial score (nSPS) is 21.4. The van der Waals surface area contributed by atoms with Crippen LogP contribution >= 0.6 is 11.6 Å². The molecule has 0 aliphatic carbocycles. The van der Waals surface area contributed by atoms with Crippen molar-refractivity contribution in [2.75, 3.05) is 0 Å². The largest absolute Gasteiger partial charge is 0.443 e. The lowest BCUT2D eigenvalue weighted by molar-refractivity contribution is 0.0279. The molecule has 136 valence electrons. The number of amides is 1. The fourth-order valence-electron chi connectivity index (χ4n) is 2.93. The van der Waals surface area contributed by atoms with E-state index in [1.54, 1.807) is 52.1 Å². The number of pyridine rings is 1. The first-order chi connectivity index (χ1) is 12.2. The first-order valence-electron chi connectivity index (χ1n) is 8.28. The number of allylic oxidation sites excluding steroid dienone is 1. The summed E-state index contributed by atoms with van der Waals surface area (Å²) in [4.78, 5) is 35.5. The summed E-state index contributed by atoms with van der Waals surface area (Å²) in [6, 6.07) is 3.23. The molecule has 0 radical (unpaired) electrons. The van der Waals surface area contributed by atoms with Crippen molar-refractivity contribution in [3.63, 3.8) is 0 Å². The number of aryl methyl sites for hydroxylation is 1. The van der Waals surface area contributed by atoms with Gasteiger partial charge in [0.25, 0.3) is 0 Å². The number of dihydropyridines is 1. The molecule has 1 aromatic heterocycles. The molecule has 0 saturated heterocycles. The third kappa shape index (κ3) is 3.55. The number of ether oxygens (including phenoxy) is 1. The molecule has 2 aliphatic rings. The molecule has 2 atom stereocenters. The predicted octanol–water partition coefficient (Wildman–Crippen LogP) is 3.94. The topological polar surface area (TPSA) is 71.9 Å². The summed E-state index contributed by atoms with van der Waals surface area (Å²) in [5.41, 5.74) is 0.825. The minimum Gasteiger partial charge on any atom is -0.443 e. The molecule has 0 N–H and O–H groups in total. The Bertz CT molecular complexity index is 852. The Balaban J connectivity index is 1.95. The van der Waals surface area contributed by atoms with Gasteiger partial charge in [0.1, 0.15) is 16.9 Å². The highest BCUT2D eigenvalue weighted by Crippen LogP contribution is 2.35. The van der Waals surface area contributed by atoms with Crippen LogP contribution in [0.15, 0.2) is 41.1 Å². The number of carbonyl (C=O) groups is 2. The van der Waals surface area contributed by atoms with Crippen molar-refractivity contribution >= 4 is 29.7 Å². The summed E-state index contributed by atoms with van der Waals surface area (Å²) in [6.07, 6.45) is 5.74. The molecule has 2 unspecified atom stereocenters. The van der Waals surface area contributed by atoms with Gasteiger partial charge < -0.3 is 4.74 Å². The zero-order valence-corrected chi connectivity index (χ0v) is 15.8. The number of halogens is 1. The summed E-state index contributed by atoms with van der Waals surface area (Å²) in [6.45, 7) is 7.11. The van der Waals surface area contributed by atoms with E-state index in [9.17, 15) is 9.59 Å². The highest BCUT2D eigenvalue weighted by molar-refractivity contribution is 6.29. The van der Waals surface area contributed by atoms with Gasteiger partial charge in [-0.2, -0.15) is 0 Å². The first-order valence-corrected chi connectivity index (χ1v) is 8.66. The second-order valence-corrected chi connectivity index (χ2v) is 7.58. The van der Waals surface area contributed by atoms with Gasteiger partial charge >= 0.3 is 6.09 Å². The third-order valence-corrected chi connectivity index (χ3v) is 4.26. The van der Waals surface area contributed by atoms with Gasteiger partial charge in [-0.1, -0.05) is 17.7 Å². The Morgan fingerprint density at radius 1 is 1.27 bits per heavy atom. The summed E-state index contributed by atoms with van der Waals surface area (Å²) in [5.74, 6) is -0.524. The third-order valence-electron chi connectivity index (χ3n) is 4.05. The van der Waals surface area contributed by atoms with Crippen LogP contribution < -0.4 is 0 Å². The number of ketones is 1. The van der Waals surface area contributed by atoms with E-state index in [-0.39, 0.29) is 11.7 Å². The Labute approximate surface area is 157 Å². The van der Waals surface area contributed by atoms with Crippen LogP contribution in [0.5, 0.6) is 0 Å². The summed E-state index contributed by atoms with van der Waals surface area (Å²) < 4.78 is 5.45. The number of hydrogen-bond acceptors (Lipinski definition) is 5. The number of fused-ring (bicyclic) bond motifs is 1. The van der Waals surface area contributed by atoms with Crippen LogP contribution in [0.2, 0.25) is 5.15 Å². The lowest BCUT2D eigenvalue weighted by Gasteiger charge is -2.28. The highest BCUT2D eigenvalue weighted by atomic mass is 35.5. The molecule has 1 aromatic rings. The van der Waals surface area contributed by atoms with E-state index in [0.29, 0.717) is 22.0 Å². The lowest BCUT2D eigenvalue weighted by atomic mass is 9.91. The van der Waals surface area contributed by atoms with Crippen LogP contribution in [0, 0.1) is 12.8 Å². The van der Waals surface area contributed by atoms with Gasteiger partial charge in [0.15, 0.2) is 5.78 Å². The Kier molecular flexibility index (Phi) is 4.71. The van der Waals surface area contributed by atoms with Crippen LogP contribution in [0.3, 0.4) is 0 Å². The van der Waals surface area contributed by atoms with Gasteiger partial charge in [-0.25, -0.2) is 9.78 Å². The molecule has 0 spiro atoms. The number of aliphatic imine (C=N–C) groups is 1. The fraction of sp³-hybridized carbons (Fsp3) is 0.368. The van der Waals surface area contributed by atoms with E-state index in [2.05, 4.69) is 9.98 Å². The average Bonchev–Trinajstić information content (AvgIpc) is 2.92. The number of Topliss-reactive ketones (excluding diaryl/α,β-unsaturated/α-hetero) is 1. The molecule has 3 heterocycles. The van der Waals surface area contributed by atoms with Crippen LogP contribution in [-0.4, -0.2) is 39.7 Å². The summed E-state index contributed by atoms with van der Waals surface area (Å²) in [5, 5.41) is 0.329. The molecular formula is C19H20ClN3O3. The lowest BCUT2D eigenvalue weighted by Crippen LogP contribution is -2.39. The molecule has 3 rings (SSSR count). The van der Waals surface area contributed by atoms with Crippen LogP contribution in [-0.2, 0) is 4.74 Å². The van der Waals surface area contributed by atoms with E-state index in [4.69, 9.17) is 16.3 Å². The van der Waals surface area contributed by atoms with Gasteiger partial charge in [-0.3, -0.25) is 14.7 Å². The number of rotatable bonds is 2. The Hall–Kier alpha value is -2.47. The van der Waals surface area contributed by atoms with Crippen LogP contribution in [0.4, 0.5) is 4.79 Å². The van der Waals surface area contributed by atoms with Crippen molar-refractivity contribution < 1.29 is 14.3 Å². The van der Waals surface area contributed by atoms with E-state index in [1.165, 1.54) is 11.1 Å². The maximum absolute atomic E-state index is 13.1. The molecule has 6 nitrogen and oxygen atoms in total. The maximum atomic E-state index is 13.1. The van der Waals surface area contributed by atoms with E-state index in [0.717, 1.165) is 0 Å². The number of hydrogen-bond donors (Lipinski definition) is 0. The van der Waals surface area contributed by atoms with Crippen molar-refractivity contribution in [1.29, 1.82) is 0 Å². The van der Waals surface area contributed by atoms with Crippen molar-refractivity contribution in [2.45, 2.75) is 39.5 Å². The van der Waals surface area contributed by atoms with Crippen LogP contribution in [0.25, 0.3) is 0 Å². The molecule has 0 fully saturated rings. The number of carbonyl (C=O) groups excluding carboxylic acids is 2. The smallest absolute Gasteiger partial charge is 0.416 e. The summed E-state index contributed by atoms with van der Waals surface area (Å²) >= 11 is 5.88. The Morgan fingerprint density at radius 2 is 2.00 bits per heavy atom. The second-order valence-electron chi connectivity index (χ2n) is 7.19. The molecule has 0 aromatic carbocycles. The minimum atomic E-state index is -0.641. The van der Waals surface area contributed by atoms with E-state index < -0.39 is 17.9 Å². The quantitative estimate of drug-likeness (QED) is 0.581. The second kappa shape index (κ2) is 6.68. The van der Waals surface area contributed by atoms with Gasteiger partial charge in [-0.05, 0) is 45.9 Å². The van der Waals surface area contributed by atoms with E-state index in [1.807, 2.05) is 6.08 Å². The maximum Gasteiger partial charge on any atom is 0.416 e. The monoisotopic (exact) mass is 373 g/mol. The van der Waals surface area contributed by atoms with Gasteiger partial charge in [0.05, 0.1) is 5.69 Å². The van der Waals surface area contributed by atoms with Crippen molar-refractivity contribution in [3.05, 3.63) is 52.5 Å². The average molecular weight is 374 g/mol. The first kappa shape index (κ1) is 18.3. The van der Waals surface area contributed by atoms with Crippen molar-refractivity contribution in [2.24, 2.45) is 10.9 Å². The molecular weight excluding hydrogens is 354 g/mol. The predicted molar refractivity (Wildman–Crippen MR) is 99.4 cm³/mol. The molecule has 7 heteroatoms. The zero-order chi connectivity index (χ0) is 19.1. The minimum absolute atomic E-state index is 0.200. The SMILES string of the molecule is Cc1nc(Cl)ccc1C(=O)C1=CN(C(=O)OC(C)(C)C)C2N=CC=CC12. The van der Waals surface area contributed by atoms with Crippen molar-refractivity contribution in [3.8, 4) is 0 Å². The highest BCUT2D eigenvalue weighted by Gasteiger charge is 2.42. The van der Waals surface area contributed by atoms with Gasteiger partial charge in [-0.15, -0.1) is 0 Å². The fourth-order valence-corrected chi connectivity index (χ4v) is 3.12. The zero-order valence-electron chi connectivity index (χ0n) is 15.1. The van der Waals surface area contributed by atoms with Crippen molar-refractivity contribution in [1.82, 2.24) is 9.88 Å². The number of nitrogens with zero attached hydrogens (tertiary/aromatic N) is 3. The molecule has 1 amide bonds. The Morgan fingerprint density at radius 3 is 2.65 bits per heavy atom. The van der Waals surface area contributed by atoms with Crippen LogP contribution in [0.1, 0.15) is 36.8 Å². The van der Waals surface area contributed by atoms with Gasteiger partial charge in [0, 0.05) is 29.5 Å². The standard InChI is InChI=1S/C19H20ClN3O3/c1-11-12(7-8-15(20)22-11)16(24)14-10-23(18(25)26-19(2,3)4)17-13(14)6-5-9-21-17/h5-10,13,17H,1-4H3. The molecule has 0 bridgehead atoms. The van der Waals surface area contributed by atoms with E-state index >= 15 is 0 Å². The molecule has 26 heavy (non-hydrogen) atoms. The molecule has 0 saturated carbocycles. The molecule has 2 aliphatic heterocycles. The number of aromatic nitrogens is 1.